The lowest BCUT2D eigenvalue weighted by Gasteiger charge is -2.10. The second-order valence-corrected chi connectivity index (χ2v) is 7.52. The molecule has 2 aromatic heterocycles. The molecule has 5 nitrogen and oxygen atoms in total. The molecule has 0 unspecified atom stereocenters. The van der Waals surface area contributed by atoms with Crippen molar-refractivity contribution in [1.82, 2.24) is 10.2 Å². The lowest BCUT2D eigenvalue weighted by Crippen LogP contribution is -2.13. The molecule has 0 aliphatic rings. The molecule has 0 aliphatic heterocycles. The van der Waals surface area contributed by atoms with E-state index in [-0.39, 0.29) is 5.91 Å². The van der Waals surface area contributed by atoms with E-state index in [0.29, 0.717) is 22.5 Å². The van der Waals surface area contributed by atoms with Gasteiger partial charge >= 0.3 is 0 Å². The van der Waals surface area contributed by atoms with E-state index in [2.05, 4.69) is 21.6 Å². The Morgan fingerprint density at radius 1 is 1.07 bits per heavy atom. The number of rotatable bonds is 4. The van der Waals surface area contributed by atoms with Crippen LogP contribution in [-0.4, -0.2) is 16.1 Å². The fraction of sp³-hybridized carbons (Fsp3) is 0.0455. The molecule has 0 bridgehead atoms. The smallest absolute Gasteiger partial charge is 0.257 e. The Hall–Kier alpha value is -3.69. The monoisotopic (exact) mass is 384 g/mol. The summed E-state index contributed by atoms with van der Waals surface area (Å²) < 4.78 is 0. The predicted molar refractivity (Wildman–Crippen MR) is 111 cm³/mol. The van der Waals surface area contributed by atoms with Crippen LogP contribution in [0.15, 0.2) is 66.7 Å². The van der Waals surface area contributed by atoms with Crippen LogP contribution in [0.5, 0.6) is 0 Å². The Balaban J connectivity index is 1.63. The minimum Gasteiger partial charge on any atom is -0.305 e. The van der Waals surface area contributed by atoms with Crippen molar-refractivity contribution in [2.75, 3.05) is 5.32 Å². The van der Waals surface area contributed by atoms with Gasteiger partial charge in [-0.25, -0.2) is 0 Å². The first kappa shape index (κ1) is 17.7. The van der Waals surface area contributed by atoms with Gasteiger partial charge in [0.05, 0.1) is 22.2 Å². The van der Waals surface area contributed by atoms with E-state index in [1.807, 2.05) is 55.5 Å². The van der Waals surface area contributed by atoms with Crippen LogP contribution in [0.4, 0.5) is 5.82 Å². The molecular formula is C22H16N4OS. The van der Waals surface area contributed by atoms with Crippen molar-refractivity contribution >= 4 is 23.1 Å². The molecule has 0 spiro atoms. The van der Waals surface area contributed by atoms with E-state index in [1.54, 1.807) is 29.5 Å². The van der Waals surface area contributed by atoms with E-state index in [1.165, 1.54) is 4.88 Å². The average Bonchev–Trinajstić information content (AvgIpc) is 3.36. The maximum Gasteiger partial charge on any atom is 0.257 e. The number of aryl methyl sites for hydroxylation is 1. The summed E-state index contributed by atoms with van der Waals surface area (Å²) in [5, 5.41) is 19.4. The van der Waals surface area contributed by atoms with Crippen molar-refractivity contribution in [2.24, 2.45) is 0 Å². The zero-order chi connectivity index (χ0) is 19.5. The number of anilines is 1. The van der Waals surface area contributed by atoms with Crippen molar-refractivity contribution < 1.29 is 4.79 Å². The third-order valence-electron chi connectivity index (χ3n) is 4.33. The lowest BCUT2D eigenvalue weighted by molar-refractivity contribution is 0.102. The van der Waals surface area contributed by atoms with E-state index in [0.717, 1.165) is 16.1 Å². The summed E-state index contributed by atoms with van der Waals surface area (Å²) in [6.07, 6.45) is 0. The van der Waals surface area contributed by atoms with E-state index < -0.39 is 0 Å². The van der Waals surface area contributed by atoms with E-state index in [9.17, 15) is 10.1 Å². The van der Waals surface area contributed by atoms with Gasteiger partial charge in [0.15, 0.2) is 5.82 Å². The van der Waals surface area contributed by atoms with Gasteiger partial charge in [0.2, 0.25) is 0 Å². The molecule has 4 rings (SSSR count). The van der Waals surface area contributed by atoms with Crippen LogP contribution >= 0.6 is 11.3 Å². The van der Waals surface area contributed by atoms with Crippen LogP contribution in [0, 0.1) is 18.3 Å². The molecule has 4 aromatic rings. The van der Waals surface area contributed by atoms with Gasteiger partial charge in [-0.15, -0.1) is 11.3 Å². The number of nitrogens with zero attached hydrogens (tertiary/aromatic N) is 2. The molecule has 28 heavy (non-hydrogen) atoms. The topological polar surface area (TPSA) is 81.6 Å². The molecule has 0 aliphatic carbocycles. The second-order valence-electron chi connectivity index (χ2n) is 6.23. The second kappa shape index (κ2) is 7.51. The number of carbonyl (C=O) groups is 1. The SMILES string of the molecule is Cc1ccc(-c2cc(NC(=O)c3ccccc3-c3ccccc3C#N)n[nH]2)s1. The fourth-order valence-corrected chi connectivity index (χ4v) is 3.84. The number of thiophene rings is 1. The van der Waals surface area contributed by atoms with Crippen LogP contribution in [0.3, 0.4) is 0 Å². The van der Waals surface area contributed by atoms with Crippen molar-refractivity contribution in [3.8, 4) is 27.8 Å². The van der Waals surface area contributed by atoms with E-state index >= 15 is 0 Å². The molecule has 2 N–H and O–H groups in total. The molecule has 2 heterocycles. The molecular weight excluding hydrogens is 368 g/mol. The molecule has 136 valence electrons. The summed E-state index contributed by atoms with van der Waals surface area (Å²) in [6.45, 7) is 2.04. The number of benzene rings is 2. The summed E-state index contributed by atoms with van der Waals surface area (Å²) in [6, 6.07) is 22.6. The number of hydrogen-bond donors (Lipinski definition) is 2. The number of amides is 1. The third-order valence-corrected chi connectivity index (χ3v) is 5.37. The van der Waals surface area contributed by atoms with Gasteiger partial charge in [0.25, 0.3) is 5.91 Å². The number of nitrogens with one attached hydrogen (secondary N) is 2. The molecule has 0 fully saturated rings. The number of hydrogen-bond acceptors (Lipinski definition) is 4. The summed E-state index contributed by atoms with van der Waals surface area (Å²) in [4.78, 5) is 15.2. The van der Waals surface area contributed by atoms with Crippen LogP contribution in [-0.2, 0) is 0 Å². The Morgan fingerprint density at radius 2 is 1.82 bits per heavy atom. The van der Waals surface area contributed by atoms with Crippen LogP contribution in [0.25, 0.3) is 21.7 Å². The summed E-state index contributed by atoms with van der Waals surface area (Å²) >= 11 is 1.66. The van der Waals surface area contributed by atoms with Gasteiger partial charge in [-0.2, -0.15) is 10.4 Å². The molecule has 0 saturated carbocycles. The highest BCUT2D eigenvalue weighted by Gasteiger charge is 2.16. The largest absolute Gasteiger partial charge is 0.305 e. The molecule has 0 radical (unpaired) electrons. The number of aromatic amines is 1. The van der Waals surface area contributed by atoms with Crippen molar-refractivity contribution in [3.63, 3.8) is 0 Å². The summed E-state index contributed by atoms with van der Waals surface area (Å²) in [5.74, 6) is 0.179. The molecule has 0 atom stereocenters. The zero-order valence-electron chi connectivity index (χ0n) is 15.1. The van der Waals surface area contributed by atoms with Crippen molar-refractivity contribution in [1.29, 1.82) is 5.26 Å². The molecule has 1 amide bonds. The third kappa shape index (κ3) is 3.43. The molecule has 0 saturated heterocycles. The van der Waals surface area contributed by atoms with Crippen molar-refractivity contribution in [2.45, 2.75) is 6.92 Å². The van der Waals surface area contributed by atoms with Gasteiger partial charge in [-0.05, 0) is 36.8 Å². The summed E-state index contributed by atoms with van der Waals surface area (Å²) in [7, 11) is 0. The highest BCUT2D eigenvalue weighted by Crippen LogP contribution is 2.29. The van der Waals surface area contributed by atoms with Crippen LogP contribution < -0.4 is 5.32 Å². The normalized spacial score (nSPS) is 10.4. The highest BCUT2D eigenvalue weighted by atomic mass is 32.1. The Labute approximate surface area is 166 Å². The number of aromatic nitrogens is 2. The summed E-state index contributed by atoms with van der Waals surface area (Å²) in [5.41, 5.74) is 3.31. The quantitative estimate of drug-likeness (QED) is 0.505. The molecule has 2 aromatic carbocycles. The number of H-pyrrole nitrogens is 1. The first-order chi connectivity index (χ1) is 13.7. The first-order valence-electron chi connectivity index (χ1n) is 8.68. The minimum atomic E-state index is -0.274. The minimum absolute atomic E-state index is 0.274. The predicted octanol–water partition coefficient (Wildman–Crippen LogP) is 5.24. The van der Waals surface area contributed by atoms with Gasteiger partial charge in [-0.1, -0.05) is 36.4 Å². The number of carbonyl (C=O) groups excluding carboxylic acids is 1. The standard InChI is InChI=1S/C22H16N4OS/c1-14-10-11-20(28-14)19-12-21(26-25-19)24-22(27)18-9-5-4-8-17(18)16-7-3-2-6-15(16)13-23/h2-12H,1H3,(H2,24,25,26,27). The van der Waals surface area contributed by atoms with Crippen LogP contribution in [0.2, 0.25) is 0 Å². The Kier molecular flexibility index (Phi) is 4.75. The van der Waals surface area contributed by atoms with E-state index in [4.69, 9.17) is 0 Å². The van der Waals surface area contributed by atoms with Gasteiger partial charge in [0, 0.05) is 22.1 Å². The van der Waals surface area contributed by atoms with Gasteiger partial charge in [0.1, 0.15) is 0 Å². The number of nitriles is 1. The fourth-order valence-electron chi connectivity index (χ4n) is 3.01. The molecule has 6 heteroatoms. The van der Waals surface area contributed by atoms with Gasteiger partial charge < -0.3 is 5.32 Å². The van der Waals surface area contributed by atoms with Gasteiger partial charge in [-0.3, -0.25) is 9.89 Å². The Bertz CT molecular complexity index is 1200. The first-order valence-corrected chi connectivity index (χ1v) is 9.49. The maximum atomic E-state index is 12.9. The highest BCUT2D eigenvalue weighted by molar-refractivity contribution is 7.15. The lowest BCUT2D eigenvalue weighted by atomic mass is 9.95. The van der Waals surface area contributed by atoms with Crippen LogP contribution in [0.1, 0.15) is 20.8 Å². The van der Waals surface area contributed by atoms with Crippen molar-refractivity contribution in [3.05, 3.63) is 82.7 Å². The maximum absolute atomic E-state index is 12.9. The average molecular weight is 384 g/mol. The zero-order valence-corrected chi connectivity index (χ0v) is 15.9. The Morgan fingerprint density at radius 3 is 2.57 bits per heavy atom.